The van der Waals surface area contributed by atoms with Gasteiger partial charge in [0.1, 0.15) is 0 Å². The normalized spacial score (nSPS) is 17.2. The summed E-state index contributed by atoms with van der Waals surface area (Å²) in [7, 11) is 0. The topological polar surface area (TPSA) is 33.1 Å². The number of nitrogens with one attached hydrogen (secondary N) is 1. The van der Waals surface area contributed by atoms with E-state index in [1.807, 2.05) is 6.20 Å². The van der Waals surface area contributed by atoms with Crippen molar-refractivity contribution in [1.82, 2.24) is 20.0 Å². The Bertz CT molecular complexity index is 380. The molecule has 1 aliphatic heterocycles. The van der Waals surface area contributed by atoms with E-state index in [1.165, 1.54) is 38.2 Å². The van der Waals surface area contributed by atoms with Gasteiger partial charge in [0, 0.05) is 31.9 Å². The molecule has 4 heteroatoms. The van der Waals surface area contributed by atoms with Crippen LogP contribution in [0.2, 0.25) is 0 Å². The number of aryl methyl sites for hydroxylation is 1. The molecule has 20 heavy (non-hydrogen) atoms. The molecule has 0 amide bonds. The second kappa shape index (κ2) is 7.79. The first-order chi connectivity index (χ1) is 9.70. The second-order valence-electron chi connectivity index (χ2n) is 6.26. The van der Waals surface area contributed by atoms with Crippen LogP contribution in [-0.4, -0.2) is 40.4 Å². The van der Waals surface area contributed by atoms with Crippen molar-refractivity contribution in [3.8, 4) is 0 Å². The molecule has 4 nitrogen and oxygen atoms in total. The van der Waals surface area contributed by atoms with E-state index in [9.17, 15) is 0 Å². The molecule has 1 aromatic heterocycles. The number of hydrogen-bond donors (Lipinski definition) is 1. The zero-order valence-corrected chi connectivity index (χ0v) is 13.3. The molecule has 0 atom stereocenters. The molecule has 0 radical (unpaired) electrons. The van der Waals surface area contributed by atoms with E-state index < -0.39 is 0 Å². The van der Waals surface area contributed by atoms with Crippen LogP contribution in [0.25, 0.3) is 0 Å². The average molecular weight is 278 g/mol. The maximum Gasteiger partial charge on any atom is 0.0524 e. The number of aromatic nitrogens is 2. The summed E-state index contributed by atoms with van der Waals surface area (Å²) >= 11 is 0. The van der Waals surface area contributed by atoms with Crippen LogP contribution in [0.1, 0.15) is 45.7 Å². The Morgan fingerprint density at radius 1 is 1.40 bits per heavy atom. The maximum atomic E-state index is 4.45. The highest BCUT2D eigenvalue weighted by molar-refractivity contribution is 5.01. The molecule has 0 saturated carbocycles. The van der Waals surface area contributed by atoms with Gasteiger partial charge in [-0.1, -0.05) is 6.92 Å². The third-order valence-electron chi connectivity index (χ3n) is 4.29. The largest absolute Gasteiger partial charge is 0.317 e. The SMILES string of the molecule is CCCn1nccc1CN(CC1CCNCC1)C(C)C. The second-order valence-corrected chi connectivity index (χ2v) is 6.26. The van der Waals surface area contributed by atoms with Crippen LogP contribution >= 0.6 is 0 Å². The van der Waals surface area contributed by atoms with Gasteiger partial charge >= 0.3 is 0 Å². The number of hydrogen-bond acceptors (Lipinski definition) is 3. The summed E-state index contributed by atoms with van der Waals surface area (Å²) in [5.41, 5.74) is 1.36. The molecular formula is C16H30N4. The quantitative estimate of drug-likeness (QED) is 0.832. The predicted octanol–water partition coefficient (Wildman–Crippen LogP) is 2.50. The highest BCUT2D eigenvalue weighted by Crippen LogP contribution is 2.17. The highest BCUT2D eigenvalue weighted by atomic mass is 15.3. The molecule has 1 aromatic rings. The smallest absolute Gasteiger partial charge is 0.0524 e. The van der Waals surface area contributed by atoms with Gasteiger partial charge in [0.25, 0.3) is 0 Å². The van der Waals surface area contributed by atoms with Gasteiger partial charge in [-0.2, -0.15) is 5.10 Å². The lowest BCUT2D eigenvalue weighted by Gasteiger charge is -2.32. The average Bonchev–Trinajstić information content (AvgIpc) is 2.87. The fraction of sp³-hybridized carbons (Fsp3) is 0.812. The van der Waals surface area contributed by atoms with E-state index in [0.29, 0.717) is 6.04 Å². The van der Waals surface area contributed by atoms with Crippen molar-refractivity contribution in [2.75, 3.05) is 19.6 Å². The van der Waals surface area contributed by atoms with Crippen molar-refractivity contribution < 1.29 is 0 Å². The van der Waals surface area contributed by atoms with E-state index >= 15 is 0 Å². The van der Waals surface area contributed by atoms with Crippen LogP contribution < -0.4 is 5.32 Å². The van der Waals surface area contributed by atoms with Gasteiger partial charge < -0.3 is 5.32 Å². The molecule has 0 aromatic carbocycles. The van der Waals surface area contributed by atoms with Crippen LogP contribution in [0.4, 0.5) is 0 Å². The predicted molar refractivity (Wildman–Crippen MR) is 83.7 cm³/mol. The molecule has 0 spiro atoms. The molecule has 0 bridgehead atoms. The minimum absolute atomic E-state index is 0.592. The minimum atomic E-state index is 0.592. The van der Waals surface area contributed by atoms with Crippen molar-refractivity contribution in [2.24, 2.45) is 5.92 Å². The molecule has 1 aliphatic rings. The molecule has 1 N–H and O–H groups in total. The van der Waals surface area contributed by atoms with Crippen LogP contribution in [0.3, 0.4) is 0 Å². The van der Waals surface area contributed by atoms with Gasteiger partial charge in [-0.3, -0.25) is 9.58 Å². The lowest BCUT2D eigenvalue weighted by Crippen LogP contribution is -2.39. The van der Waals surface area contributed by atoms with Gasteiger partial charge in [-0.15, -0.1) is 0 Å². The van der Waals surface area contributed by atoms with Crippen LogP contribution in [0, 0.1) is 5.92 Å². The Kier molecular flexibility index (Phi) is 6.05. The van der Waals surface area contributed by atoms with E-state index in [4.69, 9.17) is 0 Å². The summed E-state index contributed by atoms with van der Waals surface area (Å²) in [5, 5.41) is 7.90. The zero-order valence-electron chi connectivity index (χ0n) is 13.3. The van der Waals surface area contributed by atoms with Gasteiger partial charge in [-0.05, 0) is 58.2 Å². The van der Waals surface area contributed by atoms with Crippen molar-refractivity contribution in [3.05, 3.63) is 18.0 Å². The van der Waals surface area contributed by atoms with E-state index in [2.05, 4.69) is 46.8 Å². The van der Waals surface area contributed by atoms with E-state index in [-0.39, 0.29) is 0 Å². The molecule has 114 valence electrons. The first kappa shape index (κ1) is 15.5. The van der Waals surface area contributed by atoms with Crippen LogP contribution in [-0.2, 0) is 13.1 Å². The van der Waals surface area contributed by atoms with Gasteiger partial charge in [0.2, 0.25) is 0 Å². The Hall–Kier alpha value is -0.870. The van der Waals surface area contributed by atoms with Gasteiger partial charge in [-0.25, -0.2) is 0 Å². The van der Waals surface area contributed by atoms with Crippen molar-refractivity contribution in [2.45, 2.75) is 59.2 Å². The maximum absolute atomic E-state index is 4.45. The fourth-order valence-corrected chi connectivity index (χ4v) is 2.97. The highest BCUT2D eigenvalue weighted by Gasteiger charge is 2.20. The Labute approximate surface area is 123 Å². The van der Waals surface area contributed by atoms with Crippen molar-refractivity contribution in [1.29, 1.82) is 0 Å². The molecule has 1 fully saturated rings. The number of nitrogens with zero attached hydrogens (tertiary/aromatic N) is 3. The van der Waals surface area contributed by atoms with E-state index in [1.54, 1.807) is 0 Å². The number of rotatable bonds is 7. The van der Waals surface area contributed by atoms with Gasteiger partial charge in [0.15, 0.2) is 0 Å². The molecule has 0 unspecified atom stereocenters. The first-order valence-corrected chi connectivity index (χ1v) is 8.16. The molecule has 0 aliphatic carbocycles. The molecule has 2 heterocycles. The molecule has 1 saturated heterocycles. The van der Waals surface area contributed by atoms with Crippen LogP contribution in [0.15, 0.2) is 12.3 Å². The first-order valence-electron chi connectivity index (χ1n) is 8.16. The summed E-state index contributed by atoms with van der Waals surface area (Å²) in [6.07, 6.45) is 5.72. The summed E-state index contributed by atoms with van der Waals surface area (Å²) in [5.74, 6) is 0.848. The summed E-state index contributed by atoms with van der Waals surface area (Å²) in [6, 6.07) is 2.77. The zero-order chi connectivity index (χ0) is 14.4. The summed E-state index contributed by atoms with van der Waals surface area (Å²) in [6.45, 7) is 12.5. The lowest BCUT2D eigenvalue weighted by atomic mass is 9.97. The minimum Gasteiger partial charge on any atom is -0.317 e. The Morgan fingerprint density at radius 2 is 2.15 bits per heavy atom. The fourth-order valence-electron chi connectivity index (χ4n) is 2.97. The Morgan fingerprint density at radius 3 is 2.80 bits per heavy atom. The third kappa shape index (κ3) is 4.32. The summed E-state index contributed by atoms with van der Waals surface area (Å²) < 4.78 is 2.16. The number of piperidine rings is 1. The standard InChI is InChI=1S/C16H30N4/c1-4-11-20-16(7-10-18-20)13-19(14(2)3)12-15-5-8-17-9-6-15/h7,10,14-15,17H,4-6,8-9,11-13H2,1-3H3. The molecular weight excluding hydrogens is 248 g/mol. The van der Waals surface area contributed by atoms with E-state index in [0.717, 1.165) is 25.4 Å². The van der Waals surface area contributed by atoms with Gasteiger partial charge in [0.05, 0.1) is 5.69 Å². The van der Waals surface area contributed by atoms with Crippen molar-refractivity contribution in [3.63, 3.8) is 0 Å². The monoisotopic (exact) mass is 278 g/mol. The van der Waals surface area contributed by atoms with Crippen LogP contribution in [0.5, 0.6) is 0 Å². The van der Waals surface area contributed by atoms with Crippen molar-refractivity contribution >= 4 is 0 Å². The summed E-state index contributed by atoms with van der Waals surface area (Å²) in [4.78, 5) is 2.61. The Balaban J connectivity index is 1.95. The molecule has 2 rings (SSSR count). The third-order valence-corrected chi connectivity index (χ3v) is 4.29. The lowest BCUT2D eigenvalue weighted by molar-refractivity contribution is 0.157.